The van der Waals surface area contributed by atoms with E-state index in [9.17, 15) is 0 Å². The summed E-state index contributed by atoms with van der Waals surface area (Å²) < 4.78 is 5.61. The molecule has 17 heavy (non-hydrogen) atoms. The second kappa shape index (κ2) is 7.33. The van der Waals surface area contributed by atoms with Crippen molar-refractivity contribution < 1.29 is 4.74 Å². The second-order valence-corrected chi connectivity index (χ2v) is 5.02. The molecule has 0 fully saturated rings. The lowest BCUT2D eigenvalue weighted by Crippen LogP contribution is -2.23. The minimum Gasteiger partial charge on any atom is -0.491 e. The molecular formula is C15H25NO. The zero-order chi connectivity index (χ0) is 12.7. The van der Waals surface area contributed by atoms with E-state index >= 15 is 0 Å². The Morgan fingerprint density at radius 2 is 1.71 bits per heavy atom. The van der Waals surface area contributed by atoms with Crippen LogP contribution in [0.2, 0.25) is 0 Å². The fourth-order valence-electron chi connectivity index (χ4n) is 1.69. The van der Waals surface area contributed by atoms with E-state index in [1.54, 1.807) is 0 Å². The van der Waals surface area contributed by atoms with Crippen molar-refractivity contribution in [2.24, 2.45) is 0 Å². The zero-order valence-corrected chi connectivity index (χ0v) is 11.5. The highest BCUT2D eigenvalue weighted by Crippen LogP contribution is 2.14. The summed E-state index contributed by atoms with van der Waals surface area (Å²) in [5.41, 5.74) is 1.38. The van der Waals surface area contributed by atoms with E-state index in [2.05, 4.69) is 43.4 Å². The smallest absolute Gasteiger partial charge is 0.119 e. The topological polar surface area (TPSA) is 21.3 Å². The average molecular weight is 235 g/mol. The summed E-state index contributed by atoms with van der Waals surface area (Å²) >= 11 is 0. The minimum atomic E-state index is 0.246. The Morgan fingerprint density at radius 3 is 2.24 bits per heavy atom. The van der Waals surface area contributed by atoms with Crippen LogP contribution in [-0.2, 0) is 6.42 Å². The standard InChI is InChI=1S/C15H25NO/c1-12(2)16-11-5-6-14-7-9-15(10-8-14)17-13(3)4/h7-10,12-13,16H,5-6,11H2,1-4H3. The third kappa shape index (κ3) is 6.32. The van der Waals surface area contributed by atoms with Gasteiger partial charge < -0.3 is 10.1 Å². The third-order valence-electron chi connectivity index (χ3n) is 2.49. The molecule has 0 bridgehead atoms. The second-order valence-electron chi connectivity index (χ2n) is 5.02. The van der Waals surface area contributed by atoms with Crippen molar-refractivity contribution in [3.8, 4) is 5.75 Å². The average Bonchev–Trinajstić information content (AvgIpc) is 2.25. The van der Waals surface area contributed by atoms with Crippen molar-refractivity contribution in [3.63, 3.8) is 0 Å². The fraction of sp³-hybridized carbons (Fsp3) is 0.600. The van der Waals surface area contributed by atoms with Gasteiger partial charge in [0.25, 0.3) is 0 Å². The Hall–Kier alpha value is -1.02. The molecule has 2 heteroatoms. The Balaban J connectivity index is 2.30. The van der Waals surface area contributed by atoms with Crippen LogP contribution in [0, 0.1) is 0 Å². The third-order valence-corrected chi connectivity index (χ3v) is 2.49. The van der Waals surface area contributed by atoms with Crippen LogP contribution in [0.5, 0.6) is 5.75 Å². The van der Waals surface area contributed by atoms with Crippen molar-refractivity contribution in [1.82, 2.24) is 5.32 Å². The summed E-state index contributed by atoms with van der Waals surface area (Å²) in [5.74, 6) is 0.962. The van der Waals surface area contributed by atoms with Gasteiger partial charge in [-0.2, -0.15) is 0 Å². The lowest BCUT2D eigenvalue weighted by atomic mass is 10.1. The summed E-state index contributed by atoms with van der Waals surface area (Å²) in [6.45, 7) is 9.54. The number of rotatable bonds is 7. The molecule has 0 radical (unpaired) electrons. The van der Waals surface area contributed by atoms with Crippen molar-refractivity contribution in [1.29, 1.82) is 0 Å². The molecule has 1 rings (SSSR count). The van der Waals surface area contributed by atoms with Gasteiger partial charge >= 0.3 is 0 Å². The van der Waals surface area contributed by atoms with E-state index in [1.807, 2.05) is 13.8 Å². The normalized spacial score (nSPS) is 11.2. The van der Waals surface area contributed by atoms with Crippen LogP contribution < -0.4 is 10.1 Å². The minimum absolute atomic E-state index is 0.246. The van der Waals surface area contributed by atoms with E-state index in [4.69, 9.17) is 4.74 Å². The molecule has 0 aromatic heterocycles. The van der Waals surface area contributed by atoms with Crippen LogP contribution in [0.4, 0.5) is 0 Å². The predicted molar refractivity (Wildman–Crippen MR) is 73.7 cm³/mol. The Morgan fingerprint density at radius 1 is 1.06 bits per heavy atom. The van der Waals surface area contributed by atoms with Gasteiger partial charge in [0.2, 0.25) is 0 Å². The summed E-state index contributed by atoms with van der Waals surface area (Å²) in [5, 5.41) is 3.43. The molecule has 0 unspecified atom stereocenters. The van der Waals surface area contributed by atoms with E-state index in [-0.39, 0.29) is 6.10 Å². The summed E-state index contributed by atoms with van der Waals surface area (Å²) in [6, 6.07) is 9.02. The van der Waals surface area contributed by atoms with Crippen LogP contribution in [-0.4, -0.2) is 18.7 Å². The van der Waals surface area contributed by atoms with Gasteiger partial charge in [0.05, 0.1) is 6.10 Å². The monoisotopic (exact) mass is 235 g/mol. The molecule has 0 spiro atoms. The summed E-state index contributed by atoms with van der Waals surface area (Å²) in [4.78, 5) is 0. The number of hydrogen-bond donors (Lipinski definition) is 1. The predicted octanol–water partition coefficient (Wildman–Crippen LogP) is 3.40. The molecule has 0 aliphatic carbocycles. The first-order chi connectivity index (χ1) is 8.08. The SMILES string of the molecule is CC(C)NCCCc1ccc(OC(C)C)cc1. The van der Waals surface area contributed by atoms with Crippen LogP contribution in [0.3, 0.4) is 0 Å². The van der Waals surface area contributed by atoms with Crippen molar-refractivity contribution in [3.05, 3.63) is 29.8 Å². The number of aryl methyl sites for hydroxylation is 1. The van der Waals surface area contributed by atoms with Crippen molar-refractivity contribution in [2.45, 2.75) is 52.7 Å². The lowest BCUT2D eigenvalue weighted by Gasteiger charge is -2.10. The van der Waals surface area contributed by atoms with Crippen LogP contribution >= 0.6 is 0 Å². The quantitative estimate of drug-likeness (QED) is 0.731. The maximum absolute atomic E-state index is 5.61. The highest BCUT2D eigenvalue weighted by atomic mass is 16.5. The van der Waals surface area contributed by atoms with Gasteiger partial charge in [-0.05, 0) is 50.9 Å². The highest BCUT2D eigenvalue weighted by Gasteiger charge is 1.98. The van der Waals surface area contributed by atoms with E-state index in [1.165, 1.54) is 12.0 Å². The maximum atomic E-state index is 5.61. The molecule has 0 saturated carbocycles. The number of ether oxygens (including phenoxy) is 1. The fourth-order valence-corrected chi connectivity index (χ4v) is 1.69. The van der Waals surface area contributed by atoms with Gasteiger partial charge in [-0.3, -0.25) is 0 Å². The molecule has 0 heterocycles. The van der Waals surface area contributed by atoms with Gasteiger partial charge in [-0.25, -0.2) is 0 Å². The number of nitrogens with one attached hydrogen (secondary N) is 1. The lowest BCUT2D eigenvalue weighted by molar-refractivity contribution is 0.242. The van der Waals surface area contributed by atoms with E-state index in [0.29, 0.717) is 6.04 Å². The zero-order valence-electron chi connectivity index (χ0n) is 11.5. The molecule has 96 valence electrons. The molecule has 0 aliphatic rings. The van der Waals surface area contributed by atoms with Crippen LogP contribution in [0.15, 0.2) is 24.3 Å². The molecular weight excluding hydrogens is 210 g/mol. The van der Waals surface area contributed by atoms with Gasteiger partial charge in [-0.15, -0.1) is 0 Å². The summed E-state index contributed by atoms with van der Waals surface area (Å²) in [7, 11) is 0. The van der Waals surface area contributed by atoms with Gasteiger partial charge in [-0.1, -0.05) is 26.0 Å². The number of benzene rings is 1. The first-order valence-electron chi connectivity index (χ1n) is 6.57. The van der Waals surface area contributed by atoms with E-state index in [0.717, 1.165) is 18.7 Å². The van der Waals surface area contributed by atoms with Gasteiger partial charge in [0.15, 0.2) is 0 Å². The van der Waals surface area contributed by atoms with Crippen molar-refractivity contribution >= 4 is 0 Å². The maximum Gasteiger partial charge on any atom is 0.119 e. The molecule has 2 nitrogen and oxygen atoms in total. The summed E-state index contributed by atoms with van der Waals surface area (Å²) in [6.07, 6.45) is 2.56. The largest absolute Gasteiger partial charge is 0.491 e. The van der Waals surface area contributed by atoms with Crippen molar-refractivity contribution in [2.75, 3.05) is 6.54 Å². The molecule has 1 aromatic carbocycles. The Kier molecular flexibility index (Phi) is 6.06. The molecule has 1 aromatic rings. The van der Waals surface area contributed by atoms with Crippen LogP contribution in [0.1, 0.15) is 39.7 Å². The van der Waals surface area contributed by atoms with Gasteiger partial charge in [0, 0.05) is 6.04 Å². The highest BCUT2D eigenvalue weighted by molar-refractivity contribution is 5.27. The molecule has 0 amide bonds. The van der Waals surface area contributed by atoms with Crippen LogP contribution in [0.25, 0.3) is 0 Å². The van der Waals surface area contributed by atoms with Gasteiger partial charge in [0.1, 0.15) is 5.75 Å². The molecule has 0 aliphatic heterocycles. The first kappa shape index (κ1) is 14.0. The Bertz CT molecular complexity index is 303. The molecule has 1 N–H and O–H groups in total. The number of hydrogen-bond acceptors (Lipinski definition) is 2. The molecule has 0 saturated heterocycles. The molecule has 0 atom stereocenters. The first-order valence-corrected chi connectivity index (χ1v) is 6.57. The van der Waals surface area contributed by atoms with E-state index < -0.39 is 0 Å². The Labute approximate surface area is 105 Å².